The van der Waals surface area contributed by atoms with Crippen molar-refractivity contribution in [3.8, 4) is 0 Å². The lowest BCUT2D eigenvalue weighted by molar-refractivity contribution is -0.163. The molecule has 4 aliphatic heterocycles. The molecule has 0 saturated carbocycles. The van der Waals surface area contributed by atoms with E-state index in [1.54, 1.807) is 6.92 Å². The van der Waals surface area contributed by atoms with Crippen LogP contribution in [-0.4, -0.2) is 105 Å². The Morgan fingerprint density at radius 3 is 2.68 bits per heavy atom. The molecule has 0 aromatic carbocycles. The number of thioether (sulfide) groups is 1. The van der Waals surface area contributed by atoms with Gasteiger partial charge >= 0.3 is 5.97 Å². The number of carbonyl (C=O) groups is 3. The standard InChI is InChI=1S/C22H34N6O5S/c1-10-16-15(11(2)29)20(31)28(16)17(21(32)33)18(10)34-13-6-14(26(3)9-13)19(30)27-5-4-12(8-27)7-25-22(23)24/h10-16,29H,4-9H2,1-3H3,(H,32,33)(H4,23,24,25)/t10-,11-,12-,13+,14+,15-,16-/m1/s1. The van der Waals surface area contributed by atoms with E-state index in [2.05, 4.69) is 5.32 Å². The third-order valence-electron chi connectivity index (χ3n) is 7.58. The molecular weight excluding hydrogens is 460 g/mol. The number of aliphatic carboxylic acids is 1. The highest BCUT2D eigenvalue weighted by Crippen LogP contribution is 2.52. The van der Waals surface area contributed by atoms with Crippen molar-refractivity contribution in [1.29, 1.82) is 5.41 Å². The van der Waals surface area contributed by atoms with Gasteiger partial charge in [-0.15, -0.1) is 11.8 Å². The Morgan fingerprint density at radius 2 is 2.06 bits per heavy atom. The van der Waals surface area contributed by atoms with Crippen LogP contribution >= 0.6 is 11.8 Å². The molecule has 0 aromatic rings. The number of aliphatic hydroxyl groups excluding tert-OH is 1. The number of nitrogens with two attached hydrogens (primary N) is 1. The van der Waals surface area contributed by atoms with Crippen molar-refractivity contribution in [3.63, 3.8) is 0 Å². The summed E-state index contributed by atoms with van der Waals surface area (Å²) >= 11 is 1.47. The third kappa shape index (κ3) is 4.27. The molecule has 2 amide bonds. The maximum atomic E-state index is 13.2. The van der Waals surface area contributed by atoms with Gasteiger partial charge < -0.3 is 31.1 Å². The van der Waals surface area contributed by atoms with Gasteiger partial charge in [0.25, 0.3) is 0 Å². The van der Waals surface area contributed by atoms with E-state index in [0.717, 1.165) is 6.42 Å². The zero-order valence-corrected chi connectivity index (χ0v) is 20.5. The van der Waals surface area contributed by atoms with Gasteiger partial charge in [0.05, 0.1) is 24.1 Å². The molecule has 7 atom stereocenters. The van der Waals surface area contributed by atoms with E-state index in [0.29, 0.717) is 37.5 Å². The number of carboxylic acid groups (broad SMARTS) is 1. The van der Waals surface area contributed by atoms with Gasteiger partial charge in [-0.2, -0.15) is 0 Å². The molecule has 11 nitrogen and oxygen atoms in total. The fraction of sp³-hybridized carbons (Fsp3) is 0.727. The van der Waals surface area contributed by atoms with Gasteiger partial charge in [0, 0.05) is 42.3 Å². The number of hydrogen-bond acceptors (Lipinski definition) is 7. The fourth-order valence-electron chi connectivity index (χ4n) is 5.85. The largest absolute Gasteiger partial charge is 0.477 e. The van der Waals surface area contributed by atoms with E-state index in [-0.39, 0.29) is 52.6 Å². The minimum Gasteiger partial charge on any atom is -0.477 e. The quantitative estimate of drug-likeness (QED) is 0.174. The van der Waals surface area contributed by atoms with Gasteiger partial charge in [-0.25, -0.2) is 4.79 Å². The number of aliphatic hydroxyl groups is 1. The summed E-state index contributed by atoms with van der Waals surface area (Å²) in [6.07, 6.45) is 0.641. The Kier molecular flexibility index (Phi) is 6.85. The molecule has 0 spiro atoms. The highest BCUT2D eigenvalue weighted by molar-refractivity contribution is 8.03. The monoisotopic (exact) mass is 494 g/mol. The molecule has 3 saturated heterocycles. The SMILES string of the molecule is C[C@@H](O)[C@H]1C(=O)N2C(C(=O)O)=C(S[C@H]3C[C@@H](C(=O)N4CC[C@H](CNC(=N)N)C4)N(C)C3)[C@H](C)[C@H]12. The van der Waals surface area contributed by atoms with E-state index < -0.39 is 18.0 Å². The summed E-state index contributed by atoms with van der Waals surface area (Å²) in [5.74, 6) is -1.95. The zero-order valence-electron chi connectivity index (χ0n) is 19.7. The first kappa shape index (κ1) is 24.8. The molecule has 0 aliphatic carbocycles. The second kappa shape index (κ2) is 9.38. The molecule has 12 heteroatoms. The van der Waals surface area contributed by atoms with Crippen LogP contribution in [0.1, 0.15) is 26.7 Å². The first-order valence-corrected chi connectivity index (χ1v) is 12.6. The average Bonchev–Trinajstić information content (AvgIpc) is 3.42. The molecule has 3 fully saturated rings. The van der Waals surface area contributed by atoms with E-state index in [4.69, 9.17) is 11.1 Å². The number of nitrogens with zero attached hydrogens (tertiary/aromatic N) is 3. The highest BCUT2D eigenvalue weighted by Gasteiger charge is 2.60. The lowest BCUT2D eigenvalue weighted by Crippen LogP contribution is -2.63. The van der Waals surface area contributed by atoms with E-state index in [1.165, 1.54) is 16.7 Å². The second-order valence-electron chi connectivity index (χ2n) is 9.94. The summed E-state index contributed by atoms with van der Waals surface area (Å²) in [4.78, 5) is 43.8. The van der Waals surface area contributed by atoms with Crippen molar-refractivity contribution in [3.05, 3.63) is 10.6 Å². The number of nitrogens with one attached hydrogen (secondary N) is 2. The average molecular weight is 495 g/mol. The third-order valence-corrected chi connectivity index (χ3v) is 9.07. The van der Waals surface area contributed by atoms with E-state index >= 15 is 0 Å². The van der Waals surface area contributed by atoms with Crippen LogP contribution in [0.5, 0.6) is 0 Å². The van der Waals surface area contributed by atoms with Crippen LogP contribution in [0.15, 0.2) is 10.6 Å². The second-order valence-corrected chi connectivity index (χ2v) is 11.3. The van der Waals surface area contributed by atoms with Crippen molar-refractivity contribution in [2.45, 2.75) is 50.1 Å². The van der Waals surface area contributed by atoms with Gasteiger partial charge in [0.15, 0.2) is 5.96 Å². The molecule has 188 valence electrons. The molecule has 6 N–H and O–H groups in total. The minimum absolute atomic E-state index is 0.0298. The van der Waals surface area contributed by atoms with Crippen LogP contribution in [0.3, 0.4) is 0 Å². The highest BCUT2D eigenvalue weighted by atomic mass is 32.2. The summed E-state index contributed by atoms with van der Waals surface area (Å²) in [5, 5.41) is 30.0. The summed E-state index contributed by atoms with van der Waals surface area (Å²) in [6.45, 7) is 6.01. The normalized spacial score (nSPS) is 34.3. The zero-order chi connectivity index (χ0) is 24.9. The molecule has 4 aliphatic rings. The number of amides is 2. The van der Waals surface area contributed by atoms with Gasteiger partial charge in [-0.3, -0.25) is 19.9 Å². The number of carboxylic acids is 1. The van der Waals surface area contributed by atoms with Crippen molar-refractivity contribution in [2.24, 2.45) is 23.5 Å². The van der Waals surface area contributed by atoms with Crippen LogP contribution < -0.4 is 11.1 Å². The summed E-state index contributed by atoms with van der Waals surface area (Å²) < 4.78 is 0. The van der Waals surface area contributed by atoms with Gasteiger partial charge in [0.1, 0.15) is 5.70 Å². The predicted octanol–water partition coefficient (Wildman–Crippen LogP) is -0.722. The number of guanidine groups is 1. The van der Waals surface area contributed by atoms with Gasteiger partial charge in [-0.05, 0) is 32.7 Å². The number of likely N-dealkylation sites (N-methyl/N-ethyl adjacent to an activating group) is 1. The molecule has 4 heterocycles. The topological polar surface area (TPSA) is 163 Å². The van der Waals surface area contributed by atoms with Crippen LogP contribution in [-0.2, 0) is 14.4 Å². The molecule has 34 heavy (non-hydrogen) atoms. The first-order chi connectivity index (χ1) is 16.0. The molecule has 0 aromatic heterocycles. The Morgan fingerprint density at radius 1 is 1.35 bits per heavy atom. The van der Waals surface area contributed by atoms with Crippen molar-refractivity contribution >= 4 is 35.5 Å². The van der Waals surface area contributed by atoms with Crippen molar-refractivity contribution < 1.29 is 24.6 Å². The first-order valence-electron chi connectivity index (χ1n) is 11.7. The number of hydrogen-bond donors (Lipinski definition) is 5. The lowest BCUT2D eigenvalue weighted by Gasteiger charge is -2.46. The smallest absolute Gasteiger partial charge is 0.353 e. The summed E-state index contributed by atoms with van der Waals surface area (Å²) in [7, 11) is 1.92. The Bertz CT molecular complexity index is 925. The van der Waals surface area contributed by atoms with Crippen molar-refractivity contribution in [2.75, 3.05) is 33.2 Å². The van der Waals surface area contributed by atoms with E-state index in [1.807, 2.05) is 23.8 Å². The summed E-state index contributed by atoms with van der Waals surface area (Å²) in [5.41, 5.74) is 5.39. The maximum absolute atomic E-state index is 13.2. The van der Waals surface area contributed by atoms with Crippen molar-refractivity contribution in [1.82, 2.24) is 20.0 Å². The van der Waals surface area contributed by atoms with Crippen LogP contribution in [0.2, 0.25) is 0 Å². The van der Waals surface area contributed by atoms with Gasteiger partial charge in [0.2, 0.25) is 11.8 Å². The van der Waals surface area contributed by atoms with E-state index in [9.17, 15) is 24.6 Å². The molecule has 4 rings (SSSR count). The number of likely N-dealkylation sites (tertiary alicyclic amines) is 2. The number of fused-ring (bicyclic) bond motifs is 1. The Hall–Kier alpha value is -2.31. The number of carbonyl (C=O) groups excluding carboxylic acids is 2. The molecule has 0 radical (unpaired) electrons. The lowest BCUT2D eigenvalue weighted by atomic mass is 9.79. The minimum atomic E-state index is -1.13. The van der Waals surface area contributed by atoms with Crippen LogP contribution in [0, 0.1) is 23.2 Å². The number of rotatable bonds is 7. The van der Waals surface area contributed by atoms with Crippen LogP contribution in [0.25, 0.3) is 0 Å². The Balaban J connectivity index is 1.41. The fourth-order valence-corrected chi connectivity index (χ4v) is 7.45. The summed E-state index contributed by atoms with van der Waals surface area (Å²) in [6, 6.07) is -0.603. The van der Waals surface area contributed by atoms with Gasteiger partial charge in [-0.1, -0.05) is 6.92 Å². The van der Waals surface area contributed by atoms with Crippen LogP contribution in [0.4, 0.5) is 0 Å². The molecule has 0 bridgehead atoms. The number of β-lactam (4-membered cyclic amide) rings is 1. The maximum Gasteiger partial charge on any atom is 0.353 e. The Labute approximate surface area is 203 Å². The predicted molar refractivity (Wildman–Crippen MR) is 127 cm³/mol. The molecular formula is C22H34N6O5S. The molecule has 0 unspecified atom stereocenters.